The second-order valence-corrected chi connectivity index (χ2v) is 9.99. The molecule has 0 unspecified atom stereocenters. The van der Waals surface area contributed by atoms with E-state index in [1.165, 1.54) is 30.6 Å². The number of amides is 2. The molecule has 4 bridgehead atoms. The van der Waals surface area contributed by atoms with Crippen molar-refractivity contribution in [1.29, 1.82) is 0 Å². The zero-order valence-corrected chi connectivity index (χ0v) is 16.6. The second kappa shape index (κ2) is 6.59. The van der Waals surface area contributed by atoms with Gasteiger partial charge in [-0.15, -0.1) is 10.2 Å². The summed E-state index contributed by atoms with van der Waals surface area (Å²) < 4.78 is 0. The third-order valence-electron chi connectivity index (χ3n) is 6.43. The number of nitrogens with zero attached hydrogens (tertiary/aromatic N) is 2. The maximum absolute atomic E-state index is 13.0. The predicted octanol–water partition coefficient (Wildman–Crippen LogP) is 3.32. The fourth-order valence-electron chi connectivity index (χ4n) is 5.54. The van der Waals surface area contributed by atoms with Crippen LogP contribution in [-0.2, 0) is 9.59 Å². The molecule has 0 aromatic carbocycles. The number of hydrogen-bond donors (Lipinski definition) is 2. The fraction of sp³-hybridized carbons (Fsp3) is 0.789. The van der Waals surface area contributed by atoms with Crippen molar-refractivity contribution in [2.45, 2.75) is 71.3 Å². The largest absolute Gasteiger partial charge is 0.344 e. The van der Waals surface area contributed by atoms with E-state index in [0.717, 1.165) is 24.3 Å². The van der Waals surface area contributed by atoms with Gasteiger partial charge in [0.15, 0.2) is 0 Å². The van der Waals surface area contributed by atoms with Gasteiger partial charge in [0.1, 0.15) is 11.0 Å². The molecule has 1 atom stereocenters. The quantitative estimate of drug-likeness (QED) is 0.826. The molecule has 26 heavy (non-hydrogen) atoms. The Morgan fingerprint density at radius 1 is 1.04 bits per heavy atom. The highest BCUT2D eigenvalue weighted by atomic mass is 32.1. The SMILES string of the molecule is CC(C)c1nnc(NC(=O)[C@@H](C)NC(=O)C23CC4CC(CC(C4)C2)C3)s1. The van der Waals surface area contributed by atoms with Crippen LogP contribution in [0.1, 0.15) is 70.2 Å². The summed E-state index contributed by atoms with van der Waals surface area (Å²) in [7, 11) is 0. The van der Waals surface area contributed by atoms with Gasteiger partial charge in [-0.1, -0.05) is 25.2 Å². The number of aromatic nitrogens is 2. The molecule has 6 nitrogen and oxygen atoms in total. The molecular formula is C19H28N4O2S. The van der Waals surface area contributed by atoms with E-state index in [0.29, 0.717) is 22.9 Å². The highest BCUT2D eigenvalue weighted by molar-refractivity contribution is 7.15. The van der Waals surface area contributed by atoms with Crippen LogP contribution < -0.4 is 10.6 Å². The zero-order chi connectivity index (χ0) is 18.5. The molecule has 142 valence electrons. The first-order valence-electron chi connectivity index (χ1n) is 9.80. The normalized spacial score (nSPS) is 33.3. The summed E-state index contributed by atoms with van der Waals surface area (Å²) in [5, 5.41) is 15.3. The molecule has 1 heterocycles. The Morgan fingerprint density at radius 2 is 1.62 bits per heavy atom. The van der Waals surface area contributed by atoms with Gasteiger partial charge < -0.3 is 5.32 Å². The molecule has 5 rings (SSSR count). The van der Waals surface area contributed by atoms with Gasteiger partial charge >= 0.3 is 0 Å². The predicted molar refractivity (Wildman–Crippen MR) is 101 cm³/mol. The van der Waals surface area contributed by atoms with Crippen LogP contribution in [0, 0.1) is 23.2 Å². The van der Waals surface area contributed by atoms with Crippen molar-refractivity contribution in [3.05, 3.63) is 5.01 Å². The van der Waals surface area contributed by atoms with Gasteiger partial charge in [-0.2, -0.15) is 0 Å². The number of anilines is 1. The molecule has 7 heteroatoms. The molecule has 2 amide bonds. The standard InChI is InChI=1S/C19H28N4O2S/c1-10(2)16-22-23-18(26-16)21-15(24)11(3)20-17(25)19-7-12-4-13(8-19)6-14(5-12)9-19/h10-14H,4-9H2,1-3H3,(H,20,25)(H,21,23,24)/t11-,12?,13?,14?,19?/m1/s1. The Morgan fingerprint density at radius 3 is 2.12 bits per heavy atom. The fourth-order valence-corrected chi connectivity index (χ4v) is 6.28. The Bertz CT molecular complexity index is 679. The maximum Gasteiger partial charge on any atom is 0.248 e. The van der Waals surface area contributed by atoms with E-state index in [9.17, 15) is 9.59 Å². The Hall–Kier alpha value is -1.50. The average Bonchev–Trinajstić information content (AvgIpc) is 3.02. The van der Waals surface area contributed by atoms with Crippen molar-refractivity contribution in [1.82, 2.24) is 15.5 Å². The molecule has 4 aliphatic carbocycles. The minimum Gasteiger partial charge on any atom is -0.344 e. The van der Waals surface area contributed by atoms with Crippen LogP contribution >= 0.6 is 11.3 Å². The van der Waals surface area contributed by atoms with E-state index in [4.69, 9.17) is 0 Å². The van der Waals surface area contributed by atoms with Gasteiger partial charge in [-0.25, -0.2) is 0 Å². The highest BCUT2D eigenvalue weighted by Gasteiger charge is 2.54. The number of carbonyl (C=O) groups is 2. The lowest BCUT2D eigenvalue weighted by Gasteiger charge is -2.55. The van der Waals surface area contributed by atoms with E-state index in [-0.39, 0.29) is 23.1 Å². The summed E-state index contributed by atoms with van der Waals surface area (Å²) >= 11 is 1.39. The van der Waals surface area contributed by atoms with Crippen molar-refractivity contribution >= 4 is 28.3 Å². The highest BCUT2D eigenvalue weighted by Crippen LogP contribution is 2.60. The number of rotatable bonds is 5. The van der Waals surface area contributed by atoms with Crippen LogP contribution in [0.4, 0.5) is 5.13 Å². The van der Waals surface area contributed by atoms with Crippen molar-refractivity contribution in [3.63, 3.8) is 0 Å². The summed E-state index contributed by atoms with van der Waals surface area (Å²) in [5.74, 6) is 2.28. The number of carbonyl (C=O) groups excluding carboxylic acids is 2. The maximum atomic E-state index is 13.0. The Kier molecular flexibility index (Phi) is 4.53. The summed E-state index contributed by atoms with van der Waals surface area (Å²) in [4.78, 5) is 25.5. The number of nitrogens with one attached hydrogen (secondary N) is 2. The second-order valence-electron chi connectivity index (χ2n) is 8.98. The molecular weight excluding hydrogens is 348 g/mol. The van der Waals surface area contributed by atoms with Crippen LogP contribution in [0.15, 0.2) is 0 Å². The minimum atomic E-state index is -0.568. The molecule has 0 spiro atoms. The zero-order valence-electron chi connectivity index (χ0n) is 15.7. The lowest BCUT2D eigenvalue weighted by atomic mass is 9.49. The molecule has 0 aliphatic heterocycles. The first-order valence-corrected chi connectivity index (χ1v) is 10.6. The molecule has 1 aromatic rings. The van der Waals surface area contributed by atoms with Gasteiger partial charge in [0, 0.05) is 11.3 Å². The van der Waals surface area contributed by atoms with Crippen molar-refractivity contribution < 1.29 is 9.59 Å². The summed E-state index contributed by atoms with van der Waals surface area (Å²) in [6.45, 7) is 5.83. The van der Waals surface area contributed by atoms with Crippen LogP contribution in [0.2, 0.25) is 0 Å². The van der Waals surface area contributed by atoms with E-state index in [1.54, 1.807) is 6.92 Å². The van der Waals surface area contributed by atoms with Crippen molar-refractivity contribution in [2.75, 3.05) is 5.32 Å². The molecule has 4 aliphatic rings. The van der Waals surface area contributed by atoms with Gasteiger partial charge in [-0.3, -0.25) is 14.9 Å². The topological polar surface area (TPSA) is 84.0 Å². The first kappa shape index (κ1) is 17.9. The van der Waals surface area contributed by atoms with Crippen LogP contribution in [0.5, 0.6) is 0 Å². The summed E-state index contributed by atoms with van der Waals surface area (Å²) in [6.07, 6.45) is 6.93. The van der Waals surface area contributed by atoms with E-state index in [2.05, 4.69) is 20.8 Å². The molecule has 2 N–H and O–H groups in total. The van der Waals surface area contributed by atoms with Gasteiger partial charge in [0.25, 0.3) is 0 Å². The lowest BCUT2D eigenvalue weighted by molar-refractivity contribution is -0.147. The van der Waals surface area contributed by atoms with Crippen LogP contribution in [0.25, 0.3) is 0 Å². The monoisotopic (exact) mass is 376 g/mol. The van der Waals surface area contributed by atoms with Gasteiger partial charge in [0.05, 0.1) is 0 Å². The summed E-state index contributed by atoms with van der Waals surface area (Å²) in [5.41, 5.74) is -0.225. The van der Waals surface area contributed by atoms with Crippen LogP contribution in [-0.4, -0.2) is 28.1 Å². The smallest absolute Gasteiger partial charge is 0.248 e. The molecule has 1 aromatic heterocycles. The Balaban J connectivity index is 1.37. The molecule has 4 fully saturated rings. The minimum absolute atomic E-state index is 0.0828. The van der Waals surface area contributed by atoms with Crippen molar-refractivity contribution in [3.8, 4) is 0 Å². The van der Waals surface area contributed by atoms with Gasteiger partial charge in [-0.05, 0) is 63.2 Å². The van der Waals surface area contributed by atoms with Gasteiger partial charge in [0.2, 0.25) is 16.9 Å². The molecule has 0 radical (unpaired) electrons. The van der Waals surface area contributed by atoms with Crippen LogP contribution in [0.3, 0.4) is 0 Å². The van der Waals surface area contributed by atoms with E-state index >= 15 is 0 Å². The van der Waals surface area contributed by atoms with E-state index in [1.807, 2.05) is 13.8 Å². The third-order valence-corrected chi connectivity index (χ3v) is 7.56. The molecule has 4 saturated carbocycles. The first-order chi connectivity index (χ1) is 12.3. The van der Waals surface area contributed by atoms with Crippen molar-refractivity contribution in [2.24, 2.45) is 23.2 Å². The van der Waals surface area contributed by atoms with E-state index < -0.39 is 6.04 Å². The third kappa shape index (κ3) is 3.26. The lowest BCUT2D eigenvalue weighted by Crippen LogP contribution is -2.56. The molecule has 0 saturated heterocycles. The average molecular weight is 377 g/mol. The number of hydrogen-bond acceptors (Lipinski definition) is 5. The summed E-state index contributed by atoms with van der Waals surface area (Å²) in [6, 6.07) is -0.568. The Labute approximate surface area is 158 Å².